The Balaban J connectivity index is 2.19. The van der Waals surface area contributed by atoms with Crippen molar-refractivity contribution in [1.29, 1.82) is 0 Å². The fourth-order valence-electron chi connectivity index (χ4n) is 1.74. The van der Waals surface area contributed by atoms with Crippen molar-refractivity contribution in [3.05, 3.63) is 23.8 Å². The van der Waals surface area contributed by atoms with Crippen LogP contribution < -0.4 is 10.1 Å². The lowest BCUT2D eigenvalue weighted by Crippen LogP contribution is -2.14. The molecule has 0 fully saturated rings. The highest BCUT2D eigenvalue weighted by Crippen LogP contribution is 2.26. The highest BCUT2D eigenvalue weighted by atomic mass is 16.5. The molecular weight excluding hydrogens is 230 g/mol. The maximum atomic E-state index is 9.47. The van der Waals surface area contributed by atoms with Gasteiger partial charge in [-0.2, -0.15) is 0 Å². The molecule has 0 bridgehead atoms. The molecule has 0 atom stereocenters. The lowest BCUT2D eigenvalue weighted by Gasteiger charge is -2.08. The summed E-state index contributed by atoms with van der Waals surface area (Å²) >= 11 is 0. The molecule has 1 aromatic carbocycles. The van der Waals surface area contributed by atoms with Crippen molar-refractivity contribution < 1.29 is 14.6 Å². The van der Waals surface area contributed by atoms with E-state index in [0.717, 1.165) is 38.1 Å². The molecule has 1 rings (SSSR count). The lowest BCUT2D eigenvalue weighted by atomic mass is 10.2. The molecule has 0 radical (unpaired) electrons. The SMILES string of the molecule is COCCCCCNCc1ccc(O)c(OC)c1. The summed E-state index contributed by atoms with van der Waals surface area (Å²) in [5.74, 6) is 0.704. The molecule has 0 heterocycles. The Morgan fingerprint density at radius 1 is 1.17 bits per heavy atom. The van der Waals surface area contributed by atoms with E-state index < -0.39 is 0 Å². The minimum Gasteiger partial charge on any atom is -0.504 e. The average Bonchev–Trinajstić information content (AvgIpc) is 2.39. The van der Waals surface area contributed by atoms with Crippen LogP contribution in [0.5, 0.6) is 11.5 Å². The van der Waals surface area contributed by atoms with Crippen molar-refractivity contribution >= 4 is 0 Å². The first-order chi connectivity index (χ1) is 8.77. The van der Waals surface area contributed by atoms with Gasteiger partial charge in [0.25, 0.3) is 0 Å². The van der Waals surface area contributed by atoms with E-state index in [2.05, 4.69) is 5.32 Å². The molecule has 0 spiro atoms. The number of hydrogen-bond donors (Lipinski definition) is 2. The van der Waals surface area contributed by atoms with Crippen molar-refractivity contribution in [1.82, 2.24) is 5.32 Å². The Kier molecular flexibility index (Phi) is 7.22. The van der Waals surface area contributed by atoms with Crippen molar-refractivity contribution in [3.8, 4) is 11.5 Å². The standard InChI is InChI=1S/C14H23NO3/c1-17-9-5-3-4-8-15-11-12-6-7-13(16)14(10-12)18-2/h6-7,10,15-16H,3-5,8-9,11H2,1-2H3. The van der Waals surface area contributed by atoms with Crippen LogP contribution in [0.1, 0.15) is 24.8 Å². The summed E-state index contributed by atoms with van der Waals surface area (Å²) in [7, 11) is 3.29. The second kappa shape index (κ2) is 8.78. The van der Waals surface area contributed by atoms with Gasteiger partial charge in [-0.1, -0.05) is 6.07 Å². The van der Waals surface area contributed by atoms with E-state index in [9.17, 15) is 5.11 Å². The summed E-state index contributed by atoms with van der Waals surface area (Å²) in [5.41, 5.74) is 1.11. The Hall–Kier alpha value is -1.26. The van der Waals surface area contributed by atoms with Gasteiger partial charge in [-0.05, 0) is 43.5 Å². The van der Waals surface area contributed by atoms with Gasteiger partial charge in [0.05, 0.1) is 7.11 Å². The predicted molar refractivity (Wildman–Crippen MR) is 72.1 cm³/mol. The second-order valence-corrected chi connectivity index (χ2v) is 4.24. The van der Waals surface area contributed by atoms with Crippen LogP contribution in [-0.4, -0.2) is 32.5 Å². The normalized spacial score (nSPS) is 10.6. The molecule has 0 aliphatic rings. The Morgan fingerprint density at radius 2 is 2.00 bits per heavy atom. The van der Waals surface area contributed by atoms with Gasteiger partial charge in [0, 0.05) is 20.3 Å². The van der Waals surface area contributed by atoms with Crippen LogP contribution in [0.4, 0.5) is 0 Å². The maximum absolute atomic E-state index is 9.47. The third-order valence-corrected chi connectivity index (χ3v) is 2.78. The second-order valence-electron chi connectivity index (χ2n) is 4.24. The van der Waals surface area contributed by atoms with Gasteiger partial charge in [-0.15, -0.1) is 0 Å². The van der Waals surface area contributed by atoms with Gasteiger partial charge < -0.3 is 19.9 Å². The highest BCUT2D eigenvalue weighted by molar-refractivity contribution is 5.41. The number of benzene rings is 1. The zero-order valence-electron chi connectivity index (χ0n) is 11.2. The molecular formula is C14H23NO3. The molecule has 0 unspecified atom stereocenters. The summed E-state index contributed by atoms with van der Waals surface area (Å²) in [6.07, 6.45) is 3.45. The zero-order valence-corrected chi connectivity index (χ0v) is 11.2. The Morgan fingerprint density at radius 3 is 2.72 bits per heavy atom. The fraction of sp³-hybridized carbons (Fsp3) is 0.571. The van der Waals surface area contributed by atoms with Crippen molar-refractivity contribution in [3.63, 3.8) is 0 Å². The van der Waals surface area contributed by atoms with Crippen molar-refractivity contribution in [2.45, 2.75) is 25.8 Å². The molecule has 0 aliphatic heterocycles. The van der Waals surface area contributed by atoms with E-state index in [0.29, 0.717) is 5.75 Å². The van der Waals surface area contributed by atoms with Crippen molar-refractivity contribution in [2.24, 2.45) is 0 Å². The molecule has 102 valence electrons. The van der Waals surface area contributed by atoms with Crippen LogP contribution in [0.25, 0.3) is 0 Å². The number of methoxy groups -OCH3 is 2. The minimum absolute atomic E-state index is 0.181. The first-order valence-corrected chi connectivity index (χ1v) is 6.33. The summed E-state index contributed by atoms with van der Waals surface area (Å²) in [4.78, 5) is 0. The number of unbranched alkanes of at least 4 members (excludes halogenated alkanes) is 2. The average molecular weight is 253 g/mol. The number of phenols is 1. The number of aromatic hydroxyl groups is 1. The summed E-state index contributed by atoms with van der Waals surface area (Å²) in [6, 6.07) is 5.41. The van der Waals surface area contributed by atoms with E-state index >= 15 is 0 Å². The molecule has 1 aromatic rings. The minimum atomic E-state index is 0.181. The fourth-order valence-corrected chi connectivity index (χ4v) is 1.74. The Bertz CT molecular complexity index is 342. The molecule has 4 nitrogen and oxygen atoms in total. The van der Waals surface area contributed by atoms with Gasteiger partial charge in [-0.25, -0.2) is 0 Å². The summed E-state index contributed by atoms with van der Waals surface area (Å²) in [5, 5.41) is 12.8. The van der Waals surface area contributed by atoms with E-state index in [-0.39, 0.29) is 5.75 Å². The number of rotatable bonds is 9. The van der Waals surface area contributed by atoms with E-state index in [1.54, 1.807) is 20.3 Å². The van der Waals surface area contributed by atoms with E-state index in [1.165, 1.54) is 6.42 Å². The monoisotopic (exact) mass is 253 g/mol. The van der Waals surface area contributed by atoms with Gasteiger partial charge in [0.2, 0.25) is 0 Å². The molecule has 0 saturated heterocycles. The van der Waals surface area contributed by atoms with Crippen LogP contribution in [0.2, 0.25) is 0 Å². The molecule has 2 N–H and O–H groups in total. The van der Waals surface area contributed by atoms with Crippen LogP contribution >= 0.6 is 0 Å². The third-order valence-electron chi connectivity index (χ3n) is 2.78. The summed E-state index contributed by atoms with van der Waals surface area (Å²) < 4.78 is 10.1. The Labute approximate surface area is 109 Å². The molecule has 18 heavy (non-hydrogen) atoms. The molecule has 0 saturated carbocycles. The largest absolute Gasteiger partial charge is 0.504 e. The smallest absolute Gasteiger partial charge is 0.160 e. The molecule has 0 amide bonds. The van der Waals surface area contributed by atoms with Crippen LogP contribution in [0, 0.1) is 0 Å². The maximum Gasteiger partial charge on any atom is 0.160 e. The van der Waals surface area contributed by atoms with Gasteiger partial charge in [0.15, 0.2) is 11.5 Å². The number of hydrogen-bond acceptors (Lipinski definition) is 4. The molecule has 0 aliphatic carbocycles. The number of phenolic OH excluding ortho intramolecular Hbond substituents is 1. The summed E-state index contributed by atoms with van der Waals surface area (Å²) in [6.45, 7) is 2.63. The lowest BCUT2D eigenvalue weighted by molar-refractivity contribution is 0.192. The van der Waals surface area contributed by atoms with Crippen LogP contribution in [0.3, 0.4) is 0 Å². The third kappa shape index (κ3) is 5.38. The number of ether oxygens (including phenoxy) is 2. The van der Waals surface area contributed by atoms with Gasteiger partial charge >= 0.3 is 0 Å². The molecule has 0 aromatic heterocycles. The highest BCUT2D eigenvalue weighted by Gasteiger charge is 2.01. The van der Waals surface area contributed by atoms with Crippen molar-refractivity contribution in [2.75, 3.05) is 27.4 Å². The zero-order chi connectivity index (χ0) is 13.2. The quantitative estimate of drug-likeness (QED) is 0.663. The van der Waals surface area contributed by atoms with Gasteiger partial charge in [0.1, 0.15) is 0 Å². The van der Waals surface area contributed by atoms with Crippen LogP contribution in [0.15, 0.2) is 18.2 Å². The first kappa shape index (κ1) is 14.8. The van der Waals surface area contributed by atoms with E-state index in [4.69, 9.17) is 9.47 Å². The molecule has 4 heteroatoms. The van der Waals surface area contributed by atoms with Crippen LogP contribution in [-0.2, 0) is 11.3 Å². The van der Waals surface area contributed by atoms with E-state index in [1.807, 2.05) is 12.1 Å². The number of nitrogens with one attached hydrogen (secondary N) is 1. The topological polar surface area (TPSA) is 50.7 Å². The predicted octanol–water partition coefficient (Wildman–Crippen LogP) is 2.31. The van der Waals surface area contributed by atoms with Gasteiger partial charge in [-0.3, -0.25) is 0 Å². The first-order valence-electron chi connectivity index (χ1n) is 6.33.